The van der Waals surface area contributed by atoms with Crippen molar-refractivity contribution in [2.75, 3.05) is 40.3 Å². The molecule has 202 valence electrons. The Hall–Kier alpha value is -3.38. The van der Waals surface area contributed by atoms with Crippen molar-refractivity contribution >= 4 is 11.8 Å². The molecule has 0 aromatic heterocycles. The molecule has 38 heavy (non-hydrogen) atoms. The van der Waals surface area contributed by atoms with Gasteiger partial charge in [-0.3, -0.25) is 9.59 Å². The standard InChI is InChI=1S/C29H33F3N4O2/c1-34(2)19-26(37)35-13-11-28(12-14-35,17-21-7-6-8-22(15-21)18-33)20-36(27(38)29(30,31)32)25-16-24(25)23-9-4-3-5-10-23/h3-10,15,24-25H,11-14,16-17,19-20H2,1-2H3/t24-,25+/m0/s1. The predicted molar refractivity (Wildman–Crippen MR) is 137 cm³/mol. The van der Waals surface area contributed by atoms with Gasteiger partial charge in [-0.25, -0.2) is 0 Å². The van der Waals surface area contributed by atoms with Crippen LogP contribution in [0.1, 0.15) is 41.9 Å². The van der Waals surface area contributed by atoms with Gasteiger partial charge in [0.05, 0.1) is 18.2 Å². The molecule has 4 rings (SSSR count). The summed E-state index contributed by atoms with van der Waals surface area (Å²) in [7, 11) is 3.63. The Kier molecular flexibility index (Phi) is 8.12. The zero-order valence-corrected chi connectivity index (χ0v) is 21.7. The molecular formula is C29H33F3N4O2. The van der Waals surface area contributed by atoms with E-state index in [9.17, 15) is 28.0 Å². The second-order valence-corrected chi connectivity index (χ2v) is 10.9. The van der Waals surface area contributed by atoms with E-state index >= 15 is 0 Å². The Bertz CT molecular complexity index is 1180. The number of hydrogen-bond acceptors (Lipinski definition) is 4. The Morgan fingerprint density at radius 3 is 2.37 bits per heavy atom. The van der Waals surface area contributed by atoms with Crippen LogP contribution in [0.4, 0.5) is 13.2 Å². The van der Waals surface area contributed by atoms with Crippen LogP contribution in [-0.4, -0.2) is 79.0 Å². The van der Waals surface area contributed by atoms with Crippen LogP contribution in [0, 0.1) is 16.7 Å². The van der Waals surface area contributed by atoms with Crippen LogP contribution >= 0.6 is 0 Å². The van der Waals surface area contributed by atoms with Crippen molar-refractivity contribution in [1.82, 2.24) is 14.7 Å². The first-order chi connectivity index (χ1) is 18.0. The van der Waals surface area contributed by atoms with E-state index in [1.165, 1.54) is 0 Å². The third-order valence-corrected chi connectivity index (χ3v) is 7.66. The van der Waals surface area contributed by atoms with Crippen molar-refractivity contribution in [2.45, 2.75) is 43.8 Å². The van der Waals surface area contributed by atoms with Crippen LogP contribution in [0.2, 0.25) is 0 Å². The summed E-state index contributed by atoms with van der Waals surface area (Å²) in [5.74, 6) is -1.97. The van der Waals surface area contributed by atoms with Crippen molar-refractivity contribution in [1.29, 1.82) is 5.26 Å². The van der Waals surface area contributed by atoms with E-state index in [-0.39, 0.29) is 24.9 Å². The van der Waals surface area contributed by atoms with Crippen LogP contribution in [0.15, 0.2) is 54.6 Å². The number of carbonyl (C=O) groups is 2. The summed E-state index contributed by atoms with van der Waals surface area (Å²) in [6.45, 7) is 1.03. The maximum absolute atomic E-state index is 13.8. The summed E-state index contributed by atoms with van der Waals surface area (Å²) in [4.78, 5) is 30.0. The monoisotopic (exact) mass is 526 g/mol. The highest BCUT2D eigenvalue weighted by Crippen LogP contribution is 2.48. The maximum atomic E-state index is 13.8. The largest absolute Gasteiger partial charge is 0.471 e. The highest BCUT2D eigenvalue weighted by atomic mass is 19.4. The first-order valence-electron chi connectivity index (χ1n) is 12.9. The quantitative estimate of drug-likeness (QED) is 0.517. The van der Waals surface area contributed by atoms with Gasteiger partial charge in [0.2, 0.25) is 5.91 Å². The first kappa shape index (κ1) is 27.6. The molecule has 1 heterocycles. The van der Waals surface area contributed by atoms with E-state index in [4.69, 9.17) is 0 Å². The zero-order chi connectivity index (χ0) is 27.5. The van der Waals surface area contributed by atoms with Gasteiger partial charge in [-0.05, 0) is 68.5 Å². The number of nitrogens with zero attached hydrogens (tertiary/aromatic N) is 4. The summed E-state index contributed by atoms with van der Waals surface area (Å²) < 4.78 is 41.5. The predicted octanol–water partition coefficient (Wildman–Crippen LogP) is 4.22. The molecule has 1 aliphatic heterocycles. The van der Waals surface area contributed by atoms with Crippen LogP contribution in [0.3, 0.4) is 0 Å². The highest BCUT2D eigenvalue weighted by Gasteiger charge is 2.54. The molecule has 2 amide bonds. The number of likely N-dealkylation sites (tertiary alicyclic amines) is 1. The van der Waals surface area contributed by atoms with E-state index in [2.05, 4.69) is 6.07 Å². The van der Waals surface area contributed by atoms with E-state index in [1.807, 2.05) is 50.5 Å². The topological polar surface area (TPSA) is 67.7 Å². The Balaban J connectivity index is 1.62. The number of carbonyl (C=O) groups excluding carboxylic acids is 2. The summed E-state index contributed by atoms with van der Waals surface area (Å²) in [5.41, 5.74) is 1.59. The lowest BCUT2D eigenvalue weighted by molar-refractivity contribution is -0.188. The lowest BCUT2D eigenvalue weighted by Crippen LogP contribution is -2.53. The van der Waals surface area contributed by atoms with Gasteiger partial charge in [-0.15, -0.1) is 0 Å². The molecule has 2 aliphatic rings. The van der Waals surface area contributed by atoms with Gasteiger partial charge in [-0.2, -0.15) is 18.4 Å². The molecule has 0 unspecified atom stereocenters. The highest BCUT2D eigenvalue weighted by molar-refractivity contribution is 5.83. The van der Waals surface area contributed by atoms with Crippen molar-refractivity contribution < 1.29 is 22.8 Å². The minimum atomic E-state index is -4.98. The molecule has 2 fully saturated rings. The molecule has 1 aliphatic carbocycles. The number of rotatable bonds is 8. The molecule has 2 aromatic carbocycles. The second-order valence-electron chi connectivity index (χ2n) is 10.9. The molecule has 2 atom stereocenters. The van der Waals surface area contributed by atoms with Crippen molar-refractivity contribution in [3.8, 4) is 6.07 Å². The number of piperidine rings is 1. The summed E-state index contributed by atoms with van der Waals surface area (Å²) in [5, 5.41) is 9.35. The molecule has 1 saturated carbocycles. The number of benzene rings is 2. The van der Waals surface area contributed by atoms with E-state index in [0.29, 0.717) is 44.3 Å². The minimum Gasteiger partial charge on any atom is -0.342 e. The molecule has 0 bridgehead atoms. The summed E-state index contributed by atoms with van der Waals surface area (Å²) in [6.07, 6.45) is -3.14. The van der Waals surface area contributed by atoms with Gasteiger partial charge in [0.25, 0.3) is 0 Å². The van der Waals surface area contributed by atoms with E-state index in [0.717, 1.165) is 16.0 Å². The van der Waals surface area contributed by atoms with Crippen LogP contribution in [-0.2, 0) is 16.0 Å². The second kappa shape index (κ2) is 11.2. The number of alkyl halides is 3. The average molecular weight is 527 g/mol. The summed E-state index contributed by atoms with van der Waals surface area (Å²) in [6, 6.07) is 18.0. The number of hydrogen-bond donors (Lipinski definition) is 0. The molecule has 2 aromatic rings. The number of likely N-dealkylation sites (N-methyl/N-ethyl adjacent to an activating group) is 1. The van der Waals surface area contributed by atoms with Gasteiger partial charge < -0.3 is 14.7 Å². The van der Waals surface area contributed by atoms with Crippen LogP contribution in [0.25, 0.3) is 0 Å². The van der Waals surface area contributed by atoms with E-state index in [1.54, 1.807) is 28.0 Å². The number of halogens is 3. The molecule has 1 saturated heterocycles. The van der Waals surface area contributed by atoms with Crippen LogP contribution in [0.5, 0.6) is 0 Å². The third kappa shape index (κ3) is 6.54. The fourth-order valence-corrected chi connectivity index (χ4v) is 5.62. The Labute approximate surface area is 221 Å². The van der Waals surface area contributed by atoms with Gasteiger partial charge in [0.1, 0.15) is 0 Å². The van der Waals surface area contributed by atoms with Gasteiger partial charge in [-0.1, -0.05) is 42.5 Å². The smallest absolute Gasteiger partial charge is 0.342 e. The fraction of sp³-hybridized carbons (Fsp3) is 0.483. The molecule has 0 spiro atoms. The minimum absolute atomic E-state index is 0.0235. The summed E-state index contributed by atoms with van der Waals surface area (Å²) >= 11 is 0. The lowest BCUT2D eigenvalue weighted by atomic mass is 9.73. The molecule has 0 radical (unpaired) electrons. The zero-order valence-electron chi connectivity index (χ0n) is 21.7. The Morgan fingerprint density at radius 1 is 1.08 bits per heavy atom. The van der Waals surface area contributed by atoms with Crippen molar-refractivity contribution in [3.63, 3.8) is 0 Å². The van der Waals surface area contributed by atoms with Gasteiger partial charge in [0, 0.05) is 31.6 Å². The Morgan fingerprint density at radius 2 is 1.76 bits per heavy atom. The van der Waals surface area contributed by atoms with Crippen molar-refractivity contribution in [3.05, 3.63) is 71.3 Å². The third-order valence-electron chi connectivity index (χ3n) is 7.66. The molecule has 6 nitrogen and oxygen atoms in total. The molecule has 0 N–H and O–H groups in total. The van der Waals surface area contributed by atoms with E-state index < -0.39 is 23.5 Å². The average Bonchev–Trinajstić information content (AvgIpc) is 3.68. The lowest BCUT2D eigenvalue weighted by Gasteiger charge is -2.45. The van der Waals surface area contributed by atoms with Gasteiger partial charge in [0.15, 0.2) is 0 Å². The fourth-order valence-electron chi connectivity index (χ4n) is 5.62. The van der Waals surface area contributed by atoms with Gasteiger partial charge >= 0.3 is 12.1 Å². The number of amides is 2. The number of nitriles is 1. The first-order valence-corrected chi connectivity index (χ1v) is 12.9. The SMILES string of the molecule is CN(C)CC(=O)N1CCC(Cc2cccc(C#N)c2)(CN(C(=O)C(F)(F)F)[C@@H]2C[C@H]2c2ccccc2)CC1. The van der Waals surface area contributed by atoms with Crippen molar-refractivity contribution in [2.24, 2.45) is 5.41 Å². The normalized spacial score (nSPS) is 20.6. The maximum Gasteiger partial charge on any atom is 0.471 e. The molecule has 9 heteroatoms. The van der Waals surface area contributed by atoms with Crippen LogP contribution < -0.4 is 0 Å². The molecular weight excluding hydrogens is 493 g/mol.